The summed E-state index contributed by atoms with van der Waals surface area (Å²) in [7, 11) is 0. The molecule has 0 fully saturated rings. The number of amides is 1. The molecule has 128 valence electrons. The third-order valence-electron chi connectivity index (χ3n) is 3.50. The second-order valence-electron chi connectivity index (χ2n) is 6.46. The molecule has 5 heteroatoms. The van der Waals surface area contributed by atoms with E-state index in [1.54, 1.807) is 13.8 Å². The van der Waals surface area contributed by atoms with E-state index in [1.807, 2.05) is 30.3 Å². The van der Waals surface area contributed by atoms with E-state index in [9.17, 15) is 18.7 Å². The summed E-state index contributed by atoms with van der Waals surface area (Å²) in [6.07, 6.45) is -0.257. The molecule has 0 aliphatic heterocycles. The van der Waals surface area contributed by atoms with Crippen molar-refractivity contribution in [3.63, 3.8) is 0 Å². The van der Waals surface area contributed by atoms with Crippen molar-refractivity contribution in [2.75, 3.05) is 6.54 Å². The first-order valence-corrected chi connectivity index (χ1v) is 7.72. The van der Waals surface area contributed by atoms with E-state index in [0.717, 1.165) is 23.8 Å². The van der Waals surface area contributed by atoms with Gasteiger partial charge in [-0.15, -0.1) is 0 Å². The highest BCUT2D eigenvalue weighted by Gasteiger charge is 2.23. The van der Waals surface area contributed by atoms with Crippen molar-refractivity contribution in [1.29, 1.82) is 0 Å². The van der Waals surface area contributed by atoms with Crippen molar-refractivity contribution >= 4 is 5.91 Å². The topological polar surface area (TPSA) is 40.5 Å². The van der Waals surface area contributed by atoms with Gasteiger partial charge in [0.1, 0.15) is 11.6 Å². The lowest BCUT2D eigenvalue weighted by Crippen LogP contribution is -2.42. The summed E-state index contributed by atoms with van der Waals surface area (Å²) in [5.74, 6) is -1.57. The molecule has 1 N–H and O–H groups in total. The summed E-state index contributed by atoms with van der Waals surface area (Å²) in [5.41, 5.74) is -0.186. The fourth-order valence-corrected chi connectivity index (χ4v) is 2.46. The van der Waals surface area contributed by atoms with E-state index in [4.69, 9.17) is 0 Å². The fourth-order valence-electron chi connectivity index (χ4n) is 2.46. The van der Waals surface area contributed by atoms with Crippen molar-refractivity contribution in [1.82, 2.24) is 4.90 Å². The van der Waals surface area contributed by atoms with Crippen LogP contribution in [0.2, 0.25) is 0 Å². The lowest BCUT2D eigenvalue weighted by molar-refractivity contribution is -0.134. The van der Waals surface area contributed by atoms with Crippen LogP contribution in [0, 0.1) is 11.6 Å². The second-order valence-corrected chi connectivity index (χ2v) is 6.46. The molecule has 0 aliphatic carbocycles. The fraction of sp³-hybridized carbons (Fsp3) is 0.316. The minimum Gasteiger partial charge on any atom is -0.389 e. The van der Waals surface area contributed by atoms with Crippen LogP contribution in [0.3, 0.4) is 0 Å². The molecular formula is C19H21F2NO2. The molecule has 24 heavy (non-hydrogen) atoms. The van der Waals surface area contributed by atoms with E-state index in [0.29, 0.717) is 6.54 Å². The zero-order valence-corrected chi connectivity index (χ0v) is 13.8. The number of rotatable bonds is 6. The maximum Gasteiger partial charge on any atom is 0.227 e. The normalized spacial score (nSPS) is 11.4. The van der Waals surface area contributed by atoms with Gasteiger partial charge in [-0.1, -0.05) is 30.3 Å². The molecule has 3 nitrogen and oxygen atoms in total. The van der Waals surface area contributed by atoms with Gasteiger partial charge in [-0.3, -0.25) is 4.79 Å². The van der Waals surface area contributed by atoms with Gasteiger partial charge in [-0.05, 0) is 37.6 Å². The van der Waals surface area contributed by atoms with Crippen molar-refractivity contribution in [2.45, 2.75) is 32.4 Å². The quantitative estimate of drug-likeness (QED) is 0.881. The van der Waals surface area contributed by atoms with Gasteiger partial charge in [-0.25, -0.2) is 8.78 Å². The summed E-state index contributed by atoms with van der Waals surface area (Å²) in [4.78, 5) is 14.0. The zero-order valence-electron chi connectivity index (χ0n) is 13.8. The monoisotopic (exact) mass is 333 g/mol. The zero-order chi connectivity index (χ0) is 17.7. The Labute approximate surface area is 140 Å². The van der Waals surface area contributed by atoms with Gasteiger partial charge in [0.15, 0.2) is 0 Å². The molecule has 0 spiro atoms. The van der Waals surface area contributed by atoms with Gasteiger partial charge >= 0.3 is 0 Å². The summed E-state index contributed by atoms with van der Waals surface area (Å²) in [6, 6.07) is 12.4. The second kappa shape index (κ2) is 7.53. The van der Waals surface area contributed by atoms with Gasteiger partial charge in [0.25, 0.3) is 0 Å². The Morgan fingerprint density at radius 3 is 2.42 bits per heavy atom. The third kappa shape index (κ3) is 5.42. The van der Waals surface area contributed by atoms with Crippen LogP contribution in [0.5, 0.6) is 0 Å². The van der Waals surface area contributed by atoms with Crippen LogP contribution in [-0.2, 0) is 17.8 Å². The molecule has 0 bridgehead atoms. The highest BCUT2D eigenvalue weighted by Crippen LogP contribution is 2.15. The molecule has 0 saturated heterocycles. The highest BCUT2D eigenvalue weighted by atomic mass is 19.1. The summed E-state index contributed by atoms with van der Waals surface area (Å²) in [5, 5.41) is 10.1. The van der Waals surface area contributed by atoms with Crippen LogP contribution in [-0.4, -0.2) is 28.1 Å². The number of nitrogens with zero attached hydrogens (tertiary/aromatic N) is 1. The SMILES string of the molecule is CC(C)(O)CN(Cc1ccccc1)C(=O)Cc1cc(F)ccc1F. The lowest BCUT2D eigenvalue weighted by Gasteiger charge is -2.29. The standard InChI is InChI=1S/C19H21F2NO2/c1-19(2,24)13-22(12-14-6-4-3-5-7-14)18(23)11-15-10-16(20)8-9-17(15)21/h3-10,24H,11-13H2,1-2H3. The highest BCUT2D eigenvalue weighted by molar-refractivity contribution is 5.79. The Hall–Kier alpha value is -2.27. The Bertz CT molecular complexity index is 696. The largest absolute Gasteiger partial charge is 0.389 e. The minimum atomic E-state index is -1.09. The molecule has 0 heterocycles. The van der Waals surface area contributed by atoms with E-state index in [-0.39, 0.29) is 24.4 Å². The number of halogens is 2. The van der Waals surface area contributed by atoms with E-state index in [1.165, 1.54) is 4.90 Å². The molecule has 0 saturated carbocycles. The van der Waals surface area contributed by atoms with Crippen LogP contribution in [0.1, 0.15) is 25.0 Å². The number of carbonyl (C=O) groups is 1. The molecule has 2 aromatic carbocycles. The first-order valence-electron chi connectivity index (χ1n) is 7.72. The van der Waals surface area contributed by atoms with Crippen LogP contribution >= 0.6 is 0 Å². The number of benzene rings is 2. The minimum absolute atomic E-state index is 0.00816. The van der Waals surface area contributed by atoms with E-state index < -0.39 is 17.2 Å². The summed E-state index contributed by atoms with van der Waals surface area (Å²) in [6.45, 7) is 3.58. The molecule has 1 amide bonds. The molecule has 0 unspecified atom stereocenters. The lowest BCUT2D eigenvalue weighted by atomic mass is 10.1. The van der Waals surface area contributed by atoms with Crippen LogP contribution in [0.15, 0.2) is 48.5 Å². The predicted molar refractivity (Wildman–Crippen MR) is 88.2 cm³/mol. The van der Waals surface area contributed by atoms with Crippen molar-refractivity contribution in [2.24, 2.45) is 0 Å². The van der Waals surface area contributed by atoms with Crippen molar-refractivity contribution < 1.29 is 18.7 Å². The smallest absolute Gasteiger partial charge is 0.227 e. The number of hydrogen-bond donors (Lipinski definition) is 1. The van der Waals surface area contributed by atoms with Gasteiger partial charge in [0, 0.05) is 18.7 Å². The Kier molecular flexibility index (Phi) is 5.67. The third-order valence-corrected chi connectivity index (χ3v) is 3.50. The van der Waals surface area contributed by atoms with Crippen LogP contribution in [0.25, 0.3) is 0 Å². The summed E-state index contributed by atoms with van der Waals surface area (Å²) >= 11 is 0. The van der Waals surface area contributed by atoms with E-state index >= 15 is 0 Å². The van der Waals surface area contributed by atoms with Crippen LogP contribution in [0.4, 0.5) is 8.78 Å². The molecule has 2 rings (SSSR count). The maximum atomic E-state index is 13.8. The molecule has 0 atom stereocenters. The maximum absolute atomic E-state index is 13.8. The van der Waals surface area contributed by atoms with Gasteiger partial charge in [0.05, 0.1) is 12.0 Å². The van der Waals surface area contributed by atoms with Crippen LogP contribution < -0.4 is 0 Å². The van der Waals surface area contributed by atoms with Gasteiger partial charge < -0.3 is 10.0 Å². The first kappa shape index (κ1) is 18.1. The predicted octanol–water partition coefficient (Wildman–Crippen LogP) is 3.31. The van der Waals surface area contributed by atoms with E-state index in [2.05, 4.69) is 0 Å². The molecule has 0 aromatic heterocycles. The number of aliphatic hydroxyl groups is 1. The van der Waals surface area contributed by atoms with Crippen molar-refractivity contribution in [3.05, 3.63) is 71.3 Å². The molecular weight excluding hydrogens is 312 g/mol. The Morgan fingerprint density at radius 2 is 1.79 bits per heavy atom. The molecule has 2 aromatic rings. The number of hydrogen-bond acceptors (Lipinski definition) is 2. The Morgan fingerprint density at radius 1 is 1.12 bits per heavy atom. The van der Waals surface area contributed by atoms with Gasteiger partial charge in [-0.2, -0.15) is 0 Å². The number of carbonyl (C=O) groups excluding carboxylic acids is 1. The van der Waals surface area contributed by atoms with Crippen molar-refractivity contribution in [3.8, 4) is 0 Å². The average Bonchev–Trinajstić information content (AvgIpc) is 2.50. The molecule has 0 radical (unpaired) electrons. The summed E-state index contributed by atoms with van der Waals surface area (Å²) < 4.78 is 27.1. The molecule has 0 aliphatic rings. The average molecular weight is 333 g/mol. The Balaban J connectivity index is 2.19. The van der Waals surface area contributed by atoms with Gasteiger partial charge in [0.2, 0.25) is 5.91 Å². The first-order chi connectivity index (χ1) is 11.2.